The Hall–Kier alpha value is -1.16. The maximum Gasteiger partial charge on any atom is 0.0800 e. The first-order valence-corrected chi connectivity index (χ1v) is 17.7. The van der Waals surface area contributed by atoms with Gasteiger partial charge in [-0.2, -0.15) is 0 Å². The minimum Gasteiger partial charge on any atom is -0.389 e. The molecule has 0 bridgehead atoms. The molecule has 7 atom stereocenters. The molecule has 0 amide bonds. The molecule has 4 rings (SSSR count). The topological polar surface area (TPSA) is 60.7 Å². The van der Waals surface area contributed by atoms with Gasteiger partial charge in [0.15, 0.2) is 0 Å². The highest BCUT2D eigenvalue weighted by molar-refractivity contribution is 5.09. The van der Waals surface area contributed by atoms with Gasteiger partial charge in [0.2, 0.25) is 0 Å². The van der Waals surface area contributed by atoms with E-state index in [0.29, 0.717) is 35.5 Å². The fourth-order valence-corrected chi connectivity index (χ4v) is 6.42. The molecule has 0 saturated heterocycles. The molecule has 0 radical (unpaired) electrons. The number of aliphatic hydroxyl groups excluding tert-OH is 2. The smallest absolute Gasteiger partial charge is 0.0800 e. The predicted molar refractivity (Wildman–Crippen MR) is 188 cm³/mol. The SMILES string of the molecule is C=C1CC[C@@H](C(C)C)CC1O.CC(C)[C@H]1C=CC(C)(O)CC1.CC1=CC[C@@H](C(C)C)CC1O.CC1=CC[C@H](C(C)C)CC1. The van der Waals surface area contributed by atoms with E-state index in [-0.39, 0.29) is 12.2 Å². The molecule has 3 heteroatoms. The molecule has 4 aliphatic carbocycles. The highest BCUT2D eigenvalue weighted by atomic mass is 16.3. The summed E-state index contributed by atoms with van der Waals surface area (Å²) in [6.07, 6.45) is 19.7. The zero-order valence-corrected chi connectivity index (χ0v) is 30.2. The van der Waals surface area contributed by atoms with E-state index < -0.39 is 5.60 Å². The lowest BCUT2D eigenvalue weighted by atomic mass is 9.78. The molecule has 0 spiro atoms. The molecular weight excluding hydrogens is 528 g/mol. The van der Waals surface area contributed by atoms with Crippen molar-refractivity contribution in [1.82, 2.24) is 0 Å². The van der Waals surface area contributed by atoms with Gasteiger partial charge in [0.1, 0.15) is 0 Å². The van der Waals surface area contributed by atoms with Crippen LogP contribution in [0.25, 0.3) is 0 Å². The van der Waals surface area contributed by atoms with Crippen LogP contribution in [0.3, 0.4) is 0 Å². The molecule has 0 aromatic carbocycles. The Kier molecular flexibility index (Phi) is 18.0. The number of hydrogen-bond donors (Lipinski definition) is 3. The van der Waals surface area contributed by atoms with Gasteiger partial charge in [0.05, 0.1) is 17.8 Å². The highest BCUT2D eigenvalue weighted by Crippen LogP contribution is 2.33. The maximum atomic E-state index is 9.59. The Morgan fingerprint density at radius 1 is 0.721 bits per heavy atom. The summed E-state index contributed by atoms with van der Waals surface area (Å²) in [5, 5.41) is 28.6. The van der Waals surface area contributed by atoms with Crippen molar-refractivity contribution >= 4 is 0 Å². The molecule has 0 heterocycles. The lowest BCUT2D eigenvalue weighted by Gasteiger charge is -2.30. The monoisotopic (exact) mass is 601 g/mol. The minimum absolute atomic E-state index is 0.170. The van der Waals surface area contributed by atoms with Crippen LogP contribution in [-0.2, 0) is 0 Å². The van der Waals surface area contributed by atoms with Gasteiger partial charge in [-0.05, 0) is 143 Å². The van der Waals surface area contributed by atoms with Crippen molar-refractivity contribution in [2.75, 3.05) is 0 Å². The lowest BCUT2D eigenvalue weighted by Crippen LogP contribution is -2.26. The summed E-state index contributed by atoms with van der Waals surface area (Å²) in [4.78, 5) is 0. The lowest BCUT2D eigenvalue weighted by molar-refractivity contribution is 0.0845. The Morgan fingerprint density at radius 2 is 1.26 bits per heavy atom. The number of allylic oxidation sites excluding steroid dienone is 4. The Labute approximate surface area is 268 Å². The molecular formula is C40H72O3. The van der Waals surface area contributed by atoms with E-state index in [4.69, 9.17) is 0 Å². The molecule has 4 aliphatic rings. The molecule has 43 heavy (non-hydrogen) atoms. The first kappa shape index (κ1) is 39.9. The van der Waals surface area contributed by atoms with Gasteiger partial charge in [-0.25, -0.2) is 0 Å². The summed E-state index contributed by atoms with van der Waals surface area (Å²) >= 11 is 0. The summed E-state index contributed by atoms with van der Waals surface area (Å²) in [7, 11) is 0. The third-order valence-corrected chi connectivity index (χ3v) is 10.7. The normalized spacial score (nSPS) is 32.7. The maximum absolute atomic E-state index is 9.59. The first-order chi connectivity index (χ1) is 19.9. The molecule has 0 aromatic heterocycles. The van der Waals surface area contributed by atoms with Crippen LogP contribution in [-0.4, -0.2) is 33.1 Å². The van der Waals surface area contributed by atoms with E-state index in [0.717, 1.165) is 61.5 Å². The summed E-state index contributed by atoms with van der Waals surface area (Å²) in [5.41, 5.74) is 3.24. The van der Waals surface area contributed by atoms with Crippen LogP contribution in [0.4, 0.5) is 0 Å². The van der Waals surface area contributed by atoms with Gasteiger partial charge in [0.25, 0.3) is 0 Å². The molecule has 0 aliphatic heterocycles. The van der Waals surface area contributed by atoms with Crippen molar-refractivity contribution in [2.24, 2.45) is 47.3 Å². The Morgan fingerprint density at radius 3 is 1.67 bits per heavy atom. The highest BCUT2D eigenvalue weighted by Gasteiger charge is 2.26. The van der Waals surface area contributed by atoms with Gasteiger partial charge in [-0.15, -0.1) is 0 Å². The minimum atomic E-state index is -0.536. The van der Waals surface area contributed by atoms with Crippen LogP contribution in [0, 0.1) is 47.3 Å². The van der Waals surface area contributed by atoms with Crippen molar-refractivity contribution in [3.8, 4) is 0 Å². The standard InChI is InChI=1S/3C10H18O.C10H18/c1-8(2)9-4-6-10(3,11)7-5-9;2*1-7(2)9-5-4-8(3)10(11)6-9;1-8(2)10-6-4-9(3)5-7-10/h4,6,8-9,11H,5,7H2,1-3H3;4,7,9-11H,5-6H2,1-3H3;7,9-11H,3-6H2,1-2H3;4,8,10H,5-7H2,1-3H3/t3*9-,10?;10-/m0110/s1. The van der Waals surface area contributed by atoms with Crippen LogP contribution in [0.15, 0.2) is 47.6 Å². The van der Waals surface area contributed by atoms with Crippen molar-refractivity contribution < 1.29 is 15.3 Å². The predicted octanol–water partition coefficient (Wildman–Crippen LogP) is 10.5. The first-order valence-electron chi connectivity index (χ1n) is 17.7. The van der Waals surface area contributed by atoms with Gasteiger partial charge in [0, 0.05) is 0 Å². The Balaban J connectivity index is 0.000000287. The molecule has 250 valence electrons. The van der Waals surface area contributed by atoms with Gasteiger partial charge >= 0.3 is 0 Å². The average Bonchev–Trinajstić information content (AvgIpc) is 2.92. The van der Waals surface area contributed by atoms with Gasteiger partial charge < -0.3 is 15.3 Å². The Bertz CT molecular complexity index is 887. The van der Waals surface area contributed by atoms with E-state index in [2.05, 4.69) is 87.1 Å². The molecule has 0 aromatic rings. The quantitative estimate of drug-likeness (QED) is 0.281. The van der Waals surface area contributed by atoms with Crippen LogP contribution < -0.4 is 0 Å². The van der Waals surface area contributed by atoms with Crippen molar-refractivity contribution in [1.29, 1.82) is 0 Å². The van der Waals surface area contributed by atoms with Crippen molar-refractivity contribution in [2.45, 2.75) is 158 Å². The molecule has 1 saturated carbocycles. The molecule has 3 nitrogen and oxygen atoms in total. The summed E-state index contributed by atoms with van der Waals surface area (Å²) in [5.74, 6) is 6.03. The van der Waals surface area contributed by atoms with Gasteiger partial charge in [-0.3, -0.25) is 0 Å². The second-order valence-corrected chi connectivity index (χ2v) is 15.9. The molecule has 3 N–H and O–H groups in total. The zero-order valence-electron chi connectivity index (χ0n) is 30.2. The second kappa shape index (κ2) is 19.4. The van der Waals surface area contributed by atoms with E-state index in [1.165, 1.54) is 25.7 Å². The second-order valence-electron chi connectivity index (χ2n) is 15.9. The van der Waals surface area contributed by atoms with Crippen molar-refractivity contribution in [3.05, 3.63) is 47.6 Å². The third-order valence-electron chi connectivity index (χ3n) is 10.7. The molecule has 3 unspecified atom stereocenters. The van der Waals surface area contributed by atoms with Crippen LogP contribution in [0.2, 0.25) is 0 Å². The van der Waals surface area contributed by atoms with Crippen LogP contribution >= 0.6 is 0 Å². The summed E-state index contributed by atoms with van der Waals surface area (Å²) in [6.45, 7) is 28.0. The van der Waals surface area contributed by atoms with Gasteiger partial charge in [-0.1, -0.05) is 91.8 Å². The average molecular weight is 601 g/mol. The summed E-state index contributed by atoms with van der Waals surface area (Å²) in [6, 6.07) is 0. The number of aliphatic hydroxyl groups is 3. The summed E-state index contributed by atoms with van der Waals surface area (Å²) < 4.78 is 0. The number of hydrogen-bond acceptors (Lipinski definition) is 3. The van der Waals surface area contributed by atoms with Crippen LogP contribution in [0.1, 0.15) is 140 Å². The van der Waals surface area contributed by atoms with E-state index in [1.54, 1.807) is 5.57 Å². The van der Waals surface area contributed by atoms with E-state index in [9.17, 15) is 15.3 Å². The molecule has 1 fully saturated rings. The zero-order chi connectivity index (χ0) is 32.9. The van der Waals surface area contributed by atoms with E-state index >= 15 is 0 Å². The fourth-order valence-electron chi connectivity index (χ4n) is 6.42. The van der Waals surface area contributed by atoms with Crippen molar-refractivity contribution in [3.63, 3.8) is 0 Å². The van der Waals surface area contributed by atoms with E-state index in [1.807, 2.05) is 19.9 Å². The number of rotatable bonds is 4. The van der Waals surface area contributed by atoms with Crippen LogP contribution in [0.5, 0.6) is 0 Å². The third kappa shape index (κ3) is 15.6. The largest absolute Gasteiger partial charge is 0.389 e. The fraction of sp³-hybridized carbons (Fsp3) is 0.800.